The van der Waals surface area contributed by atoms with E-state index >= 15 is 0 Å². The van der Waals surface area contributed by atoms with Crippen molar-refractivity contribution in [2.75, 3.05) is 0 Å². The lowest BCUT2D eigenvalue weighted by Gasteiger charge is -2.06. The Morgan fingerprint density at radius 1 is 1.00 bits per heavy atom. The van der Waals surface area contributed by atoms with Crippen LogP contribution >= 0.6 is 34.8 Å². The molecule has 1 N–H and O–H groups in total. The highest BCUT2D eigenvalue weighted by atomic mass is 35.5. The first-order valence-electron chi connectivity index (χ1n) is 4.97. The highest BCUT2D eigenvalue weighted by molar-refractivity contribution is 6.42. The van der Waals surface area contributed by atoms with Gasteiger partial charge in [-0.15, -0.1) is 0 Å². The molecular weight excluding hydrogens is 295 g/mol. The molecule has 18 heavy (non-hydrogen) atoms. The first kappa shape index (κ1) is 13.2. The predicted octanol–water partition coefficient (Wildman–Crippen LogP) is 4.58. The quantitative estimate of drug-likeness (QED) is 0.824. The normalized spacial score (nSPS) is 10.4. The second kappa shape index (κ2) is 5.19. The van der Waals surface area contributed by atoms with Crippen LogP contribution in [0, 0.1) is 0 Å². The molecule has 5 heteroatoms. The molecule has 0 aliphatic carbocycles. The zero-order chi connectivity index (χ0) is 13.3. The van der Waals surface area contributed by atoms with Crippen molar-refractivity contribution in [3.05, 3.63) is 62.6 Å². The predicted molar refractivity (Wildman–Crippen MR) is 73.0 cm³/mol. The van der Waals surface area contributed by atoms with Gasteiger partial charge < -0.3 is 5.11 Å². The fourth-order valence-electron chi connectivity index (χ4n) is 1.50. The van der Waals surface area contributed by atoms with Crippen LogP contribution in [0.5, 0.6) is 5.75 Å². The number of benzene rings is 2. The molecule has 0 radical (unpaired) electrons. The molecule has 0 aliphatic heterocycles. The van der Waals surface area contributed by atoms with Gasteiger partial charge in [0.25, 0.3) is 0 Å². The zero-order valence-electron chi connectivity index (χ0n) is 8.95. The van der Waals surface area contributed by atoms with Gasteiger partial charge in [0.15, 0.2) is 5.78 Å². The van der Waals surface area contributed by atoms with Crippen LogP contribution < -0.4 is 0 Å². The number of aromatic hydroxyl groups is 1. The third kappa shape index (κ3) is 2.61. The van der Waals surface area contributed by atoms with E-state index in [1.54, 1.807) is 18.2 Å². The van der Waals surface area contributed by atoms with Crippen LogP contribution in [0.15, 0.2) is 36.4 Å². The Labute approximate surface area is 119 Å². The number of carbonyl (C=O) groups excluding carboxylic acids is 1. The van der Waals surface area contributed by atoms with Gasteiger partial charge in [0.2, 0.25) is 0 Å². The van der Waals surface area contributed by atoms with Crippen molar-refractivity contribution in [2.45, 2.75) is 0 Å². The Kier molecular flexibility index (Phi) is 3.81. The third-order valence-corrected chi connectivity index (χ3v) is 3.33. The smallest absolute Gasteiger partial charge is 0.196 e. The minimum Gasteiger partial charge on any atom is -0.507 e. The van der Waals surface area contributed by atoms with Gasteiger partial charge in [-0.1, -0.05) is 46.9 Å². The summed E-state index contributed by atoms with van der Waals surface area (Å²) in [6.07, 6.45) is 0. The van der Waals surface area contributed by atoms with E-state index in [2.05, 4.69) is 0 Å². The molecule has 0 unspecified atom stereocenters. The molecule has 0 saturated heterocycles. The van der Waals surface area contributed by atoms with Gasteiger partial charge in [0, 0.05) is 16.7 Å². The molecule has 0 aromatic heterocycles. The maximum Gasteiger partial charge on any atom is 0.196 e. The Hall–Kier alpha value is -1.22. The highest BCUT2D eigenvalue weighted by Gasteiger charge is 2.16. The van der Waals surface area contributed by atoms with Gasteiger partial charge in [-0.05, 0) is 18.2 Å². The summed E-state index contributed by atoms with van der Waals surface area (Å²) in [5, 5.41) is 10.6. The van der Waals surface area contributed by atoms with Crippen LogP contribution in [0.4, 0.5) is 0 Å². The minimum atomic E-state index is -0.367. The minimum absolute atomic E-state index is 0.0895. The number of phenolic OH excluding ortho intramolecular Hbond substituents is 1. The zero-order valence-corrected chi connectivity index (χ0v) is 11.2. The monoisotopic (exact) mass is 300 g/mol. The van der Waals surface area contributed by atoms with Gasteiger partial charge in [0.1, 0.15) is 5.75 Å². The molecule has 2 nitrogen and oxygen atoms in total. The van der Waals surface area contributed by atoms with E-state index in [9.17, 15) is 9.90 Å². The number of hydrogen-bond donors (Lipinski definition) is 1. The summed E-state index contributed by atoms with van der Waals surface area (Å²) in [5.41, 5.74) is 0.461. The van der Waals surface area contributed by atoms with Crippen LogP contribution in [-0.4, -0.2) is 10.9 Å². The Bertz CT molecular complexity index is 624. The third-order valence-electron chi connectivity index (χ3n) is 2.37. The second-order valence-electron chi connectivity index (χ2n) is 3.62. The van der Waals surface area contributed by atoms with Crippen molar-refractivity contribution in [3.8, 4) is 5.75 Å². The second-order valence-corrected chi connectivity index (χ2v) is 4.87. The molecule has 0 bridgehead atoms. The molecular formula is C13H7Cl3O2. The number of hydrogen-bond acceptors (Lipinski definition) is 2. The average molecular weight is 302 g/mol. The van der Waals surface area contributed by atoms with Crippen LogP contribution in [0.25, 0.3) is 0 Å². The molecule has 0 fully saturated rings. The molecule has 2 aromatic rings. The fraction of sp³-hybridized carbons (Fsp3) is 0. The van der Waals surface area contributed by atoms with Crippen molar-refractivity contribution < 1.29 is 9.90 Å². The van der Waals surface area contributed by atoms with E-state index in [1.165, 1.54) is 18.2 Å². The van der Waals surface area contributed by atoms with E-state index < -0.39 is 0 Å². The number of carbonyl (C=O) groups is 1. The number of ketones is 1. The maximum atomic E-state index is 12.2. The molecule has 0 atom stereocenters. The van der Waals surface area contributed by atoms with Gasteiger partial charge in [-0.3, -0.25) is 4.79 Å². The number of rotatable bonds is 2. The van der Waals surface area contributed by atoms with Crippen molar-refractivity contribution in [2.24, 2.45) is 0 Å². The van der Waals surface area contributed by atoms with Crippen molar-refractivity contribution in [3.63, 3.8) is 0 Å². The summed E-state index contributed by atoms with van der Waals surface area (Å²) < 4.78 is 0. The van der Waals surface area contributed by atoms with Crippen LogP contribution in [-0.2, 0) is 0 Å². The summed E-state index contributed by atoms with van der Waals surface area (Å²) in [6, 6.07) is 9.02. The SMILES string of the molecule is O=C(c1cccc(Cl)c1)c1cc(Cl)c(Cl)cc1O. The summed E-state index contributed by atoms with van der Waals surface area (Å²) >= 11 is 17.4. The molecule has 0 amide bonds. The van der Waals surface area contributed by atoms with Crippen LogP contribution in [0.2, 0.25) is 15.1 Å². The van der Waals surface area contributed by atoms with Gasteiger partial charge >= 0.3 is 0 Å². The molecule has 0 heterocycles. The molecule has 0 aliphatic rings. The highest BCUT2D eigenvalue weighted by Crippen LogP contribution is 2.31. The number of phenols is 1. The number of halogens is 3. The lowest BCUT2D eigenvalue weighted by atomic mass is 10.0. The summed E-state index contributed by atoms with van der Waals surface area (Å²) in [4.78, 5) is 12.2. The fourth-order valence-corrected chi connectivity index (χ4v) is 2.02. The first-order valence-corrected chi connectivity index (χ1v) is 6.10. The van der Waals surface area contributed by atoms with Crippen LogP contribution in [0.3, 0.4) is 0 Å². The van der Waals surface area contributed by atoms with Crippen LogP contribution in [0.1, 0.15) is 15.9 Å². The molecule has 2 aromatic carbocycles. The van der Waals surface area contributed by atoms with Gasteiger partial charge in [-0.2, -0.15) is 0 Å². The topological polar surface area (TPSA) is 37.3 Å². The van der Waals surface area contributed by atoms with E-state index in [4.69, 9.17) is 34.8 Å². The standard InChI is InChI=1S/C13H7Cl3O2/c14-8-3-1-2-7(4-8)13(18)9-5-10(15)11(16)6-12(9)17/h1-6,17H. The Morgan fingerprint density at radius 3 is 2.33 bits per heavy atom. The summed E-state index contributed by atoms with van der Waals surface area (Å²) in [7, 11) is 0. The Balaban J connectivity index is 2.49. The molecule has 92 valence electrons. The Morgan fingerprint density at radius 2 is 1.67 bits per heavy atom. The van der Waals surface area contributed by atoms with E-state index in [1.807, 2.05) is 0 Å². The summed E-state index contributed by atoms with van der Waals surface area (Å²) in [6.45, 7) is 0. The van der Waals surface area contributed by atoms with Crippen molar-refractivity contribution in [1.29, 1.82) is 0 Å². The van der Waals surface area contributed by atoms with E-state index in [-0.39, 0.29) is 27.1 Å². The molecule has 0 saturated carbocycles. The van der Waals surface area contributed by atoms with E-state index in [0.29, 0.717) is 10.6 Å². The maximum absolute atomic E-state index is 12.2. The molecule has 2 rings (SSSR count). The lowest BCUT2D eigenvalue weighted by Crippen LogP contribution is -2.01. The lowest BCUT2D eigenvalue weighted by molar-refractivity contribution is 0.103. The molecule has 0 spiro atoms. The van der Waals surface area contributed by atoms with Gasteiger partial charge in [0.05, 0.1) is 15.6 Å². The van der Waals surface area contributed by atoms with E-state index in [0.717, 1.165) is 0 Å². The first-order chi connectivity index (χ1) is 8.49. The van der Waals surface area contributed by atoms with Gasteiger partial charge in [-0.25, -0.2) is 0 Å². The van der Waals surface area contributed by atoms with Crippen molar-refractivity contribution in [1.82, 2.24) is 0 Å². The average Bonchev–Trinajstić information content (AvgIpc) is 2.33. The largest absolute Gasteiger partial charge is 0.507 e. The van der Waals surface area contributed by atoms with Crippen molar-refractivity contribution >= 4 is 40.6 Å². The summed E-state index contributed by atoms with van der Waals surface area (Å²) in [5.74, 6) is -0.581.